The zero-order chi connectivity index (χ0) is 14.4. The maximum absolute atomic E-state index is 4.39. The summed E-state index contributed by atoms with van der Waals surface area (Å²) in [4.78, 5) is 5.68. The number of aromatic nitrogens is 3. The molecule has 0 saturated carbocycles. The third kappa shape index (κ3) is 3.61. The first kappa shape index (κ1) is 15.1. The minimum atomic E-state index is 0.269. The first-order valence-corrected chi connectivity index (χ1v) is 8.18. The monoisotopic (exact) mass is 290 g/mol. The summed E-state index contributed by atoms with van der Waals surface area (Å²) in [5, 5.41) is 7.66. The topological polar surface area (TPSA) is 42.7 Å². The lowest BCUT2D eigenvalue weighted by molar-refractivity contribution is 0.517. The maximum atomic E-state index is 4.39. The van der Waals surface area contributed by atoms with Gasteiger partial charge in [0.1, 0.15) is 12.2 Å². The molecule has 1 N–H and O–H groups in total. The molecule has 20 heavy (non-hydrogen) atoms. The Balaban J connectivity index is 2.13. The molecule has 0 aliphatic heterocycles. The number of likely N-dealkylation sites (N-methyl/N-ethyl adjacent to an activating group) is 1. The number of benzene rings is 1. The van der Waals surface area contributed by atoms with Crippen molar-refractivity contribution in [3.8, 4) is 0 Å². The van der Waals surface area contributed by atoms with Crippen LogP contribution in [-0.4, -0.2) is 28.1 Å². The van der Waals surface area contributed by atoms with E-state index in [0.717, 1.165) is 25.2 Å². The Hall–Kier alpha value is -1.33. The molecule has 2 aromatic rings. The molecule has 0 aliphatic rings. The molecular weight excluding hydrogens is 268 g/mol. The molecule has 1 atom stereocenters. The summed E-state index contributed by atoms with van der Waals surface area (Å²) in [6.07, 6.45) is 5.67. The van der Waals surface area contributed by atoms with Crippen LogP contribution in [0.1, 0.15) is 30.8 Å². The Morgan fingerprint density at radius 1 is 1.30 bits per heavy atom. The van der Waals surface area contributed by atoms with Crippen LogP contribution in [0.15, 0.2) is 35.5 Å². The van der Waals surface area contributed by atoms with E-state index in [0.29, 0.717) is 0 Å². The Labute approximate surface area is 125 Å². The van der Waals surface area contributed by atoms with Crippen LogP contribution in [0.4, 0.5) is 0 Å². The van der Waals surface area contributed by atoms with Crippen LogP contribution >= 0.6 is 11.8 Å². The average Bonchev–Trinajstić information content (AvgIpc) is 2.92. The SMILES string of the molecule is CCCn1ncnc1CC(NC)c1ccc(SC)cc1. The third-order valence-electron chi connectivity index (χ3n) is 3.38. The van der Waals surface area contributed by atoms with Crippen molar-refractivity contribution in [3.05, 3.63) is 42.0 Å². The number of hydrogen-bond donors (Lipinski definition) is 1. The van der Waals surface area contributed by atoms with E-state index in [1.807, 2.05) is 11.7 Å². The van der Waals surface area contributed by atoms with Crippen LogP contribution in [0, 0.1) is 0 Å². The number of thioether (sulfide) groups is 1. The van der Waals surface area contributed by atoms with E-state index in [-0.39, 0.29) is 6.04 Å². The zero-order valence-corrected chi connectivity index (χ0v) is 13.2. The van der Waals surface area contributed by atoms with Crippen molar-refractivity contribution in [1.29, 1.82) is 0 Å². The fourth-order valence-electron chi connectivity index (χ4n) is 2.25. The molecule has 0 spiro atoms. The van der Waals surface area contributed by atoms with Crippen molar-refractivity contribution < 1.29 is 0 Å². The molecule has 108 valence electrons. The van der Waals surface area contributed by atoms with E-state index in [9.17, 15) is 0 Å². The maximum Gasteiger partial charge on any atom is 0.138 e. The summed E-state index contributed by atoms with van der Waals surface area (Å²) < 4.78 is 2.00. The summed E-state index contributed by atoms with van der Waals surface area (Å²) in [5.41, 5.74) is 1.29. The van der Waals surface area contributed by atoms with Gasteiger partial charge in [-0.05, 0) is 37.4 Å². The number of hydrogen-bond acceptors (Lipinski definition) is 4. The van der Waals surface area contributed by atoms with Crippen molar-refractivity contribution in [1.82, 2.24) is 20.1 Å². The van der Waals surface area contributed by atoms with Crippen molar-refractivity contribution in [2.45, 2.75) is 37.2 Å². The predicted molar refractivity (Wildman–Crippen MR) is 84.0 cm³/mol. The van der Waals surface area contributed by atoms with Crippen LogP contribution in [0.3, 0.4) is 0 Å². The minimum absolute atomic E-state index is 0.269. The smallest absolute Gasteiger partial charge is 0.138 e. The summed E-state index contributed by atoms with van der Waals surface area (Å²) in [6.45, 7) is 3.08. The quantitative estimate of drug-likeness (QED) is 0.796. The van der Waals surface area contributed by atoms with Crippen molar-refractivity contribution in [2.24, 2.45) is 0 Å². The van der Waals surface area contributed by atoms with Gasteiger partial charge in [0.25, 0.3) is 0 Å². The standard InChI is InChI=1S/C15H22N4S/c1-4-9-19-15(17-11-18-19)10-14(16-2)12-5-7-13(20-3)8-6-12/h5-8,11,14,16H,4,9-10H2,1-3H3. The van der Waals surface area contributed by atoms with Crippen LogP contribution in [0.2, 0.25) is 0 Å². The molecule has 0 aliphatic carbocycles. The molecule has 1 aromatic heterocycles. The van der Waals surface area contributed by atoms with E-state index < -0.39 is 0 Å². The van der Waals surface area contributed by atoms with Crippen molar-refractivity contribution in [2.75, 3.05) is 13.3 Å². The summed E-state index contributed by atoms with van der Waals surface area (Å²) in [6, 6.07) is 8.98. The normalized spacial score (nSPS) is 12.6. The first-order valence-electron chi connectivity index (χ1n) is 6.96. The highest BCUT2D eigenvalue weighted by molar-refractivity contribution is 7.98. The Bertz CT molecular complexity index is 521. The largest absolute Gasteiger partial charge is 0.313 e. The van der Waals surface area contributed by atoms with Crippen molar-refractivity contribution in [3.63, 3.8) is 0 Å². The lowest BCUT2D eigenvalue weighted by Crippen LogP contribution is -2.21. The second kappa shape index (κ2) is 7.45. The molecule has 1 heterocycles. The van der Waals surface area contributed by atoms with E-state index in [1.165, 1.54) is 10.5 Å². The van der Waals surface area contributed by atoms with Crippen LogP contribution in [0.25, 0.3) is 0 Å². The molecule has 0 radical (unpaired) electrons. The van der Waals surface area contributed by atoms with E-state index in [1.54, 1.807) is 18.1 Å². The average molecular weight is 290 g/mol. The van der Waals surface area contributed by atoms with Gasteiger partial charge in [0.2, 0.25) is 0 Å². The van der Waals surface area contributed by atoms with Crippen LogP contribution in [0.5, 0.6) is 0 Å². The van der Waals surface area contributed by atoms with Gasteiger partial charge in [-0.2, -0.15) is 5.10 Å². The van der Waals surface area contributed by atoms with Gasteiger partial charge >= 0.3 is 0 Å². The molecule has 0 saturated heterocycles. The Morgan fingerprint density at radius 2 is 2.05 bits per heavy atom. The molecular formula is C15H22N4S. The van der Waals surface area contributed by atoms with Gasteiger partial charge in [-0.3, -0.25) is 4.68 Å². The molecule has 1 unspecified atom stereocenters. The van der Waals surface area contributed by atoms with Gasteiger partial charge in [0.15, 0.2) is 0 Å². The molecule has 5 heteroatoms. The molecule has 2 rings (SSSR count). The van der Waals surface area contributed by atoms with Gasteiger partial charge < -0.3 is 5.32 Å². The second-order valence-electron chi connectivity index (χ2n) is 4.72. The Morgan fingerprint density at radius 3 is 2.65 bits per heavy atom. The van der Waals surface area contributed by atoms with Gasteiger partial charge in [0.05, 0.1) is 0 Å². The predicted octanol–water partition coefficient (Wildman–Crippen LogP) is 2.91. The van der Waals surface area contributed by atoms with Gasteiger partial charge in [0, 0.05) is 23.9 Å². The first-order chi connectivity index (χ1) is 9.78. The summed E-state index contributed by atoms with van der Waals surface area (Å²) in [7, 11) is 1.99. The second-order valence-corrected chi connectivity index (χ2v) is 5.60. The highest BCUT2D eigenvalue weighted by Gasteiger charge is 2.14. The number of aryl methyl sites for hydroxylation is 1. The number of nitrogens with zero attached hydrogens (tertiary/aromatic N) is 3. The van der Waals surface area contributed by atoms with Gasteiger partial charge in [-0.25, -0.2) is 4.98 Å². The fraction of sp³-hybridized carbons (Fsp3) is 0.467. The highest BCUT2D eigenvalue weighted by Crippen LogP contribution is 2.21. The zero-order valence-electron chi connectivity index (χ0n) is 12.3. The van der Waals surface area contributed by atoms with Gasteiger partial charge in [-0.15, -0.1) is 11.8 Å². The number of nitrogens with one attached hydrogen (secondary N) is 1. The Kier molecular flexibility index (Phi) is 5.61. The minimum Gasteiger partial charge on any atom is -0.313 e. The van der Waals surface area contributed by atoms with E-state index in [4.69, 9.17) is 0 Å². The molecule has 1 aromatic carbocycles. The third-order valence-corrected chi connectivity index (χ3v) is 4.13. The fourth-order valence-corrected chi connectivity index (χ4v) is 2.66. The molecule has 0 amide bonds. The van der Waals surface area contributed by atoms with E-state index >= 15 is 0 Å². The summed E-state index contributed by atoms with van der Waals surface area (Å²) in [5.74, 6) is 1.04. The van der Waals surface area contributed by atoms with Crippen molar-refractivity contribution >= 4 is 11.8 Å². The lowest BCUT2D eigenvalue weighted by atomic mass is 10.0. The van der Waals surface area contributed by atoms with Crippen LogP contribution < -0.4 is 5.32 Å². The van der Waals surface area contributed by atoms with E-state index in [2.05, 4.69) is 52.8 Å². The highest BCUT2D eigenvalue weighted by atomic mass is 32.2. The summed E-state index contributed by atoms with van der Waals surface area (Å²) >= 11 is 1.76. The molecule has 0 bridgehead atoms. The molecule has 4 nitrogen and oxygen atoms in total. The molecule has 0 fully saturated rings. The lowest BCUT2D eigenvalue weighted by Gasteiger charge is -2.17. The van der Waals surface area contributed by atoms with Crippen LogP contribution in [-0.2, 0) is 13.0 Å². The number of rotatable bonds is 7. The van der Waals surface area contributed by atoms with Gasteiger partial charge in [-0.1, -0.05) is 19.1 Å².